The second kappa shape index (κ2) is 9.48. The number of aromatic nitrogens is 2. The highest BCUT2D eigenvalue weighted by Crippen LogP contribution is 2.12. The molecule has 0 N–H and O–H groups in total. The van der Waals surface area contributed by atoms with Crippen LogP contribution >= 0.6 is 31.9 Å². The zero-order valence-electron chi connectivity index (χ0n) is 14.5. The van der Waals surface area contributed by atoms with Gasteiger partial charge in [-0.1, -0.05) is 48.6 Å². The zero-order chi connectivity index (χ0) is 19.9. The predicted molar refractivity (Wildman–Crippen MR) is 117 cm³/mol. The standard InChI is InChI=1S/C22H14Br2N2O2/c23-21-5-1-3-17(25-21)19(27)13-11-15-7-9-16(10-8-15)12-14-20(28)18-4-2-6-22(24)26-18/h1-14H/b13-11+,14-12+. The fraction of sp³-hybridized carbons (Fsp3) is 0. The van der Waals surface area contributed by atoms with Crippen molar-refractivity contribution < 1.29 is 9.59 Å². The number of benzene rings is 1. The molecular weight excluding hydrogens is 484 g/mol. The number of allylic oxidation sites excluding steroid dienone is 2. The summed E-state index contributed by atoms with van der Waals surface area (Å²) in [5.74, 6) is -0.338. The van der Waals surface area contributed by atoms with Crippen LogP contribution in [0.4, 0.5) is 0 Å². The minimum atomic E-state index is -0.169. The highest BCUT2D eigenvalue weighted by molar-refractivity contribution is 9.10. The Kier molecular flexibility index (Phi) is 6.79. The van der Waals surface area contributed by atoms with Gasteiger partial charge in [0.05, 0.1) is 0 Å². The highest BCUT2D eigenvalue weighted by atomic mass is 79.9. The van der Waals surface area contributed by atoms with Gasteiger partial charge < -0.3 is 0 Å². The van der Waals surface area contributed by atoms with E-state index < -0.39 is 0 Å². The molecule has 2 aromatic heterocycles. The number of pyridine rings is 2. The first-order valence-corrected chi connectivity index (χ1v) is 9.90. The first-order valence-electron chi connectivity index (χ1n) is 8.31. The molecule has 6 heteroatoms. The van der Waals surface area contributed by atoms with Crippen LogP contribution in [-0.2, 0) is 0 Å². The maximum Gasteiger partial charge on any atom is 0.204 e. The summed E-state index contributed by atoms with van der Waals surface area (Å²) in [4.78, 5) is 32.6. The number of ketones is 2. The number of carbonyl (C=O) groups is 2. The number of halogens is 2. The van der Waals surface area contributed by atoms with Crippen LogP contribution < -0.4 is 0 Å². The molecular formula is C22H14Br2N2O2. The Morgan fingerprint density at radius 1 is 0.643 bits per heavy atom. The SMILES string of the molecule is O=C(/C=C/c1ccc(/C=C/C(=O)c2cccc(Br)n2)cc1)c1cccc(Br)n1. The number of hydrogen-bond acceptors (Lipinski definition) is 4. The third-order valence-corrected chi connectivity index (χ3v) is 4.61. The van der Waals surface area contributed by atoms with Gasteiger partial charge in [0.25, 0.3) is 0 Å². The molecule has 0 radical (unpaired) electrons. The van der Waals surface area contributed by atoms with E-state index in [0.29, 0.717) is 20.6 Å². The van der Waals surface area contributed by atoms with Gasteiger partial charge in [-0.05, 0) is 79.4 Å². The minimum absolute atomic E-state index is 0.169. The Labute approximate surface area is 179 Å². The highest BCUT2D eigenvalue weighted by Gasteiger charge is 2.04. The Morgan fingerprint density at radius 2 is 1.04 bits per heavy atom. The van der Waals surface area contributed by atoms with Crippen LogP contribution in [-0.4, -0.2) is 21.5 Å². The number of nitrogens with zero attached hydrogens (tertiary/aromatic N) is 2. The van der Waals surface area contributed by atoms with Crippen molar-refractivity contribution in [3.8, 4) is 0 Å². The lowest BCUT2D eigenvalue weighted by molar-refractivity contribution is 0.103. The van der Waals surface area contributed by atoms with Crippen LogP contribution in [0.5, 0.6) is 0 Å². The van der Waals surface area contributed by atoms with Gasteiger partial charge in [-0.25, -0.2) is 9.97 Å². The molecule has 0 saturated heterocycles. The molecule has 0 aliphatic heterocycles. The van der Waals surface area contributed by atoms with E-state index in [4.69, 9.17) is 0 Å². The summed E-state index contributed by atoms with van der Waals surface area (Å²) in [6.07, 6.45) is 6.44. The smallest absolute Gasteiger partial charge is 0.204 e. The lowest BCUT2D eigenvalue weighted by atomic mass is 10.1. The van der Waals surface area contributed by atoms with E-state index >= 15 is 0 Å². The van der Waals surface area contributed by atoms with Crippen LogP contribution in [0.15, 0.2) is 82.0 Å². The summed E-state index contributed by atoms with van der Waals surface area (Å²) in [6.45, 7) is 0. The van der Waals surface area contributed by atoms with Crippen LogP contribution in [0.1, 0.15) is 32.1 Å². The first-order chi connectivity index (χ1) is 13.5. The van der Waals surface area contributed by atoms with Gasteiger partial charge in [0.2, 0.25) is 11.6 Å². The van der Waals surface area contributed by atoms with Crippen LogP contribution in [0.2, 0.25) is 0 Å². The van der Waals surface area contributed by atoms with E-state index in [2.05, 4.69) is 41.8 Å². The molecule has 138 valence electrons. The molecule has 3 aromatic rings. The Morgan fingerprint density at radius 3 is 1.39 bits per heavy atom. The number of hydrogen-bond donors (Lipinski definition) is 0. The van der Waals surface area contributed by atoms with Gasteiger partial charge in [0.15, 0.2) is 0 Å². The monoisotopic (exact) mass is 496 g/mol. The van der Waals surface area contributed by atoms with E-state index in [1.807, 2.05) is 24.3 Å². The first kappa shape index (κ1) is 20.0. The largest absolute Gasteiger partial charge is 0.288 e. The van der Waals surface area contributed by atoms with Crippen molar-refractivity contribution in [3.05, 3.63) is 105 Å². The van der Waals surface area contributed by atoms with Crippen molar-refractivity contribution in [2.24, 2.45) is 0 Å². The second-order valence-electron chi connectivity index (χ2n) is 5.75. The third-order valence-electron chi connectivity index (χ3n) is 3.73. The summed E-state index contributed by atoms with van der Waals surface area (Å²) in [5.41, 5.74) is 2.51. The minimum Gasteiger partial charge on any atom is -0.288 e. The van der Waals surface area contributed by atoms with E-state index in [-0.39, 0.29) is 11.6 Å². The number of carbonyl (C=O) groups excluding carboxylic acids is 2. The molecule has 0 spiro atoms. The fourth-order valence-electron chi connectivity index (χ4n) is 2.32. The zero-order valence-corrected chi connectivity index (χ0v) is 17.7. The summed E-state index contributed by atoms with van der Waals surface area (Å²) in [6, 6.07) is 17.9. The lowest BCUT2D eigenvalue weighted by Crippen LogP contribution is -1.98. The van der Waals surface area contributed by atoms with E-state index in [9.17, 15) is 9.59 Å². The van der Waals surface area contributed by atoms with Gasteiger partial charge in [0, 0.05) is 0 Å². The maximum atomic E-state index is 12.1. The quantitative estimate of drug-likeness (QED) is 0.245. The molecule has 1 aromatic carbocycles. The average molecular weight is 498 g/mol. The predicted octanol–water partition coefficient (Wildman–Crippen LogP) is 5.79. The number of rotatable bonds is 6. The Hall–Kier alpha value is -2.70. The molecule has 4 nitrogen and oxygen atoms in total. The van der Waals surface area contributed by atoms with Gasteiger partial charge >= 0.3 is 0 Å². The van der Waals surface area contributed by atoms with Crippen molar-refractivity contribution in [2.75, 3.05) is 0 Å². The van der Waals surface area contributed by atoms with E-state index in [1.165, 1.54) is 12.2 Å². The van der Waals surface area contributed by atoms with Crippen molar-refractivity contribution in [1.82, 2.24) is 9.97 Å². The fourth-order valence-corrected chi connectivity index (χ4v) is 3.01. The van der Waals surface area contributed by atoms with E-state index in [0.717, 1.165) is 11.1 Å². The topological polar surface area (TPSA) is 59.9 Å². The molecule has 0 atom stereocenters. The van der Waals surface area contributed by atoms with Gasteiger partial charge in [-0.2, -0.15) is 0 Å². The van der Waals surface area contributed by atoms with Crippen molar-refractivity contribution >= 4 is 55.6 Å². The molecule has 2 heterocycles. The van der Waals surface area contributed by atoms with Crippen molar-refractivity contribution in [1.29, 1.82) is 0 Å². The molecule has 0 fully saturated rings. The van der Waals surface area contributed by atoms with Crippen molar-refractivity contribution in [2.45, 2.75) is 0 Å². The summed E-state index contributed by atoms with van der Waals surface area (Å²) < 4.78 is 1.24. The van der Waals surface area contributed by atoms with Gasteiger partial charge in [-0.15, -0.1) is 0 Å². The maximum absolute atomic E-state index is 12.1. The summed E-state index contributed by atoms with van der Waals surface area (Å²) in [7, 11) is 0. The summed E-state index contributed by atoms with van der Waals surface area (Å²) in [5, 5.41) is 0. The van der Waals surface area contributed by atoms with Crippen molar-refractivity contribution in [3.63, 3.8) is 0 Å². The van der Waals surface area contributed by atoms with Crippen LogP contribution in [0.3, 0.4) is 0 Å². The van der Waals surface area contributed by atoms with Crippen LogP contribution in [0, 0.1) is 0 Å². The average Bonchev–Trinajstić information content (AvgIpc) is 2.71. The molecule has 0 aliphatic carbocycles. The molecule has 3 rings (SSSR count). The third kappa shape index (κ3) is 5.65. The Balaban J connectivity index is 1.64. The summed E-state index contributed by atoms with van der Waals surface area (Å²) >= 11 is 6.51. The van der Waals surface area contributed by atoms with Gasteiger partial charge in [0.1, 0.15) is 20.6 Å². The normalized spacial score (nSPS) is 11.2. The molecule has 0 bridgehead atoms. The molecule has 0 saturated carbocycles. The van der Waals surface area contributed by atoms with Gasteiger partial charge in [-0.3, -0.25) is 9.59 Å². The van der Waals surface area contributed by atoms with E-state index in [1.54, 1.807) is 48.6 Å². The van der Waals surface area contributed by atoms with Crippen LogP contribution in [0.25, 0.3) is 12.2 Å². The molecule has 28 heavy (non-hydrogen) atoms. The molecule has 0 aliphatic rings. The second-order valence-corrected chi connectivity index (χ2v) is 7.38. The molecule has 0 amide bonds. The Bertz CT molecular complexity index is 987. The lowest BCUT2D eigenvalue weighted by Gasteiger charge is -1.98. The molecule has 0 unspecified atom stereocenters.